The molecule has 0 aliphatic carbocycles. The Morgan fingerprint density at radius 1 is 1.26 bits per heavy atom. The quantitative estimate of drug-likeness (QED) is 0.829. The molecule has 126 valence electrons. The molecule has 0 aliphatic heterocycles. The first-order valence-electron chi connectivity index (χ1n) is 6.65. The van der Waals surface area contributed by atoms with Gasteiger partial charge in [0.1, 0.15) is 10.6 Å². The third-order valence-corrected chi connectivity index (χ3v) is 5.04. The molecule has 2 rings (SSSR count). The summed E-state index contributed by atoms with van der Waals surface area (Å²) in [7, 11) is -2.23. The highest BCUT2D eigenvalue weighted by molar-refractivity contribution is 7.89. The highest BCUT2D eigenvalue weighted by atomic mass is 32.2. The molecule has 0 N–H and O–H groups in total. The summed E-state index contributed by atoms with van der Waals surface area (Å²) in [6.07, 6.45) is -0.682. The molecular weight excluding hydrogens is 333 g/mol. The van der Waals surface area contributed by atoms with Crippen LogP contribution in [0.3, 0.4) is 0 Å². The van der Waals surface area contributed by atoms with E-state index < -0.39 is 21.9 Å². The van der Waals surface area contributed by atoms with Crippen LogP contribution < -0.4 is 0 Å². The fourth-order valence-electron chi connectivity index (χ4n) is 1.97. The topological polar surface area (TPSA) is 68.1 Å². The predicted octanol–water partition coefficient (Wildman–Crippen LogP) is 2.04. The summed E-state index contributed by atoms with van der Waals surface area (Å²) in [5, 5.41) is 3.96. The van der Waals surface area contributed by atoms with Gasteiger partial charge < -0.3 is 0 Å². The minimum absolute atomic E-state index is 0.0771. The van der Waals surface area contributed by atoms with E-state index in [1.807, 2.05) is 0 Å². The monoisotopic (exact) mass is 348 g/mol. The van der Waals surface area contributed by atoms with Gasteiger partial charge in [-0.3, -0.25) is 9.67 Å². The van der Waals surface area contributed by atoms with E-state index in [1.165, 1.54) is 10.9 Å². The fourth-order valence-corrected chi connectivity index (χ4v) is 3.36. The molecule has 0 radical (unpaired) electrons. The first kappa shape index (κ1) is 17.4. The molecule has 0 aromatic carbocycles. The largest absolute Gasteiger partial charge is 0.433 e. The Balaban J connectivity index is 2.28. The smallest absolute Gasteiger partial charge is 0.275 e. The maximum Gasteiger partial charge on any atom is 0.433 e. The number of nitrogens with zero attached hydrogens (tertiary/aromatic N) is 4. The summed E-state index contributed by atoms with van der Waals surface area (Å²) in [5.74, 6) is 0. The maximum absolute atomic E-state index is 12.5. The molecule has 0 saturated heterocycles. The van der Waals surface area contributed by atoms with Crippen LogP contribution in [0.4, 0.5) is 13.2 Å². The van der Waals surface area contributed by atoms with Gasteiger partial charge >= 0.3 is 6.18 Å². The van der Waals surface area contributed by atoms with E-state index in [9.17, 15) is 21.6 Å². The summed E-state index contributed by atoms with van der Waals surface area (Å²) in [6.45, 7) is 1.89. The van der Waals surface area contributed by atoms with Crippen molar-refractivity contribution in [2.75, 3.05) is 6.54 Å². The zero-order chi connectivity index (χ0) is 17.3. The lowest BCUT2D eigenvalue weighted by Gasteiger charge is -2.19. The zero-order valence-electron chi connectivity index (χ0n) is 12.4. The first-order chi connectivity index (χ1) is 10.6. The van der Waals surface area contributed by atoms with Crippen molar-refractivity contribution in [3.8, 4) is 0 Å². The van der Waals surface area contributed by atoms with E-state index in [0.717, 1.165) is 16.6 Å². The van der Waals surface area contributed by atoms with E-state index in [0.29, 0.717) is 11.6 Å². The van der Waals surface area contributed by atoms with Crippen LogP contribution in [0, 0.1) is 0 Å². The predicted molar refractivity (Wildman–Crippen MR) is 75.7 cm³/mol. The van der Waals surface area contributed by atoms with Crippen molar-refractivity contribution in [3.63, 3.8) is 0 Å². The van der Waals surface area contributed by atoms with Gasteiger partial charge in [0.2, 0.25) is 10.0 Å². The van der Waals surface area contributed by atoms with Gasteiger partial charge in [-0.1, -0.05) is 6.92 Å². The number of hydrogen-bond donors (Lipinski definition) is 0. The average molecular weight is 348 g/mol. The Morgan fingerprint density at radius 2 is 1.96 bits per heavy atom. The Labute approximate surface area is 131 Å². The molecule has 0 unspecified atom stereocenters. The average Bonchev–Trinajstić information content (AvgIpc) is 2.89. The minimum atomic E-state index is -4.61. The third kappa shape index (κ3) is 3.88. The summed E-state index contributed by atoms with van der Waals surface area (Å²) >= 11 is 0. The molecule has 0 amide bonds. The standard InChI is InChI=1S/C13H15F3N4O2S/c1-3-20(9-10-6-18-19(2)8-10)23(21,22)11-4-5-12(17-7-11)13(14,15)16/h4-8H,3,9H2,1-2H3. The molecule has 2 aromatic rings. The fraction of sp³-hybridized carbons (Fsp3) is 0.385. The second kappa shape index (κ2) is 6.28. The molecule has 2 aromatic heterocycles. The van der Waals surface area contributed by atoms with Crippen LogP contribution in [0.25, 0.3) is 0 Å². The van der Waals surface area contributed by atoms with Crippen molar-refractivity contribution >= 4 is 10.0 Å². The lowest BCUT2D eigenvalue weighted by Crippen LogP contribution is -2.30. The Bertz CT molecular complexity index is 769. The first-order valence-corrected chi connectivity index (χ1v) is 8.09. The van der Waals surface area contributed by atoms with Gasteiger partial charge in [-0.05, 0) is 12.1 Å². The van der Waals surface area contributed by atoms with E-state index in [1.54, 1.807) is 20.2 Å². The third-order valence-electron chi connectivity index (χ3n) is 3.13. The summed E-state index contributed by atoms with van der Waals surface area (Å²) in [6, 6.07) is 1.57. The molecule has 0 fully saturated rings. The highest BCUT2D eigenvalue weighted by Gasteiger charge is 2.33. The van der Waals surface area contributed by atoms with Crippen molar-refractivity contribution in [2.24, 2.45) is 7.05 Å². The number of aryl methyl sites for hydroxylation is 1. The molecule has 0 spiro atoms. The van der Waals surface area contributed by atoms with Crippen molar-refractivity contribution in [3.05, 3.63) is 42.0 Å². The molecule has 0 atom stereocenters. The van der Waals surface area contributed by atoms with Gasteiger partial charge in [-0.15, -0.1) is 0 Å². The summed E-state index contributed by atoms with van der Waals surface area (Å²) in [5.41, 5.74) is -0.454. The second-order valence-electron chi connectivity index (χ2n) is 4.83. The molecule has 10 heteroatoms. The number of halogens is 3. The number of pyridine rings is 1. The lowest BCUT2D eigenvalue weighted by molar-refractivity contribution is -0.141. The van der Waals surface area contributed by atoms with Gasteiger partial charge in [0.15, 0.2) is 0 Å². The summed E-state index contributed by atoms with van der Waals surface area (Å²) in [4.78, 5) is 2.92. The summed E-state index contributed by atoms with van der Waals surface area (Å²) < 4.78 is 65.2. The van der Waals surface area contributed by atoms with Gasteiger partial charge in [0.05, 0.1) is 6.20 Å². The zero-order valence-corrected chi connectivity index (χ0v) is 13.3. The Hall–Kier alpha value is -1.94. The molecule has 23 heavy (non-hydrogen) atoms. The number of alkyl halides is 3. The van der Waals surface area contributed by atoms with Crippen LogP contribution in [0.15, 0.2) is 35.6 Å². The van der Waals surface area contributed by atoms with Gasteiger partial charge in [0.25, 0.3) is 0 Å². The van der Waals surface area contributed by atoms with Crippen molar-refractivity contribution in [2.45, 2.75) is 24.5 Å². The van der Waals surface area contributed by atoms with E-state index >= 15 is 0 Å². The van der Waals surface area contributed by atoms with Gasteiger partial charge in [-0.25, -0.2) is 8.42 Å². The van der Waals surface area contributed by atoms with Crippen molar-refractivity contribution in [1.29, 1.82) is 0 Å². The maximum atomic E-state index is 12.5. The lowest BCUT2D eigenvalue weighted by atomic mass is 10.3. The Morgan fingerprint density at radius 3 is 2.39 bits per heavy atom. The van der Waals surface area contributed by atoms with Crippen LogP contribution in [-0.4, -0.2) is 34.0 Å². The van der Waals surface area contributed by atoms with Crippen LogP contribution in [-0.2, 0) is 29.8 Å². The van der Waals surface area contributed by atoms with Crippen LogP contribution in [0.5, 0.6) is 0 Å². The van der Waals surface area contributed by atoms with Crippen molar-refractivity contribution in [1.82, 2.24) is 19.1 Å². The number of rotatable bonds is 5. The van der Waals surface area contributed by atoms with E-state index in [2.05, 4.69) is 10.1 Å². The van der Waals surface area contributed by atoms with Gasteiger partial charge in [-0.2, -0.15) is 22.6 Å². The molecular formula is C13H15F3N4O2S. The number of hydrogen-bond acceptors (Lipinski definition) is 4. The van der Waals surface area contributed by atoms with Crippen molar-refractivity contribution < 1.29 is 21.6 Å². The molecule has 6 nitrogen and oxygen atoms in total. The molecule has 0 aliphatic rings. The van der Waals surface area contributed by atoms with E-state index in [-0.39, 0.29) is 18.0 Å². The number of sulfonamides is 1. The highest BCUT2D eigenvalue weighted by Crippen LogP contribution is 2.28. The SMILES string of the molecule is CCN(Cc1cnn(C)c1)S(=O)(=O)c1ccc(C(F)(F)F)nc1. The molecule has 2 heterocycles. The normalized spacial score (nSPS) is 12.8. The second-order valence-corrected chi connectivity index (χ2v) is 6.77. The number of aromatic nitrogens is 3. The van der Waals surface area contributed by atoms with Crippen LogP contribution in [0.1, 0.15) is 18.2 Å². The molecule has 0 saturated carbocycles. The van der Waals surface area contributed by atoms with Gasteiger partial charge in [0, 0.05) is 38.1 Å². The minimum Gasteiger partial charge on any atom is -0.275 e. The Kier molecular flexibility index (Phi) is 4.76. The van der Waals surface area contributed by atoms with E-state index in [4.69, 9.17) is 0 Å². The molecule has 0 bridgehead atoms. The van der Waals surface area contributed by atoms with Crippen LogP contribution in [0.2, 0.25) is 0 Å². The van der Waals surface area contributed by atoms with Crippen LogP contribution >= 0.6 is 0 Å².